The van der Waals surface area contributed by atoms with Gasteiger partial charge in [0, 0.05) is 25.4 Å². The number of carbonyl (C=O) groups excluding carboxylic acids is 1. The molecule has 5 N–H and O–H groups in total. The molecular weight excluding hydrogens is 768 g/mol. The molecule has 3 aromatic rings. The highest BCUT2D eigenvalue weighted by atomic mass is 79.9. The number of thioether (sulfide) groups is 1. The summed E-state index contributed by atoms with van der Waals surface area (Å²) >= 11 is 13.5. The van der Waals surface area contributed by atoms with E-state index in [9.17, 15) is 13.2 Å². The van der Waals surface area contributed by atoms with Gasteiger partial charge in [-0.3, -0.25) is 0 Å². The lowest BCUT2D eigenvalue weighted by atomic mass is 10.2. The van der Waals surface area contributed by atoms with Gasteiger partial charge in [-0.15, -0.1) is 58.2 Å². The summed E-state index contributed by atoms with van der Waals surface area (Å²) in [6.07, 6.45) is 7.89. The number of nitrogens with one attached hydrogen (secondary N) is 1. The molecule has 44 heavy (non-hydrogen) atoms. The van der Waals surface area contributed by atoms with Gasteiger partial charge in [-0.25, -0.2) is 28.2 Å². The summed E-state index contributed by atoms with van der Waals surface area (Å²) in [6, 6.07) is 0. The summed E-state index contributed by atoms with van der Waals surface area (Å²) in [5.41, 5.74) is 10.0. The Bertz CT molecular complexity index is 1270. The van der Waals surface area contributed by atoms with Gasteiger partial charge < -0.3 is 21.5 Å². The highest BCUT2D eigenvalue weighted by Gasteiger charge is 2.17. The number of hydrogen-bond acceptors (Lipinski definition) is 14. The van der Waals surface area contributed by atoms with Gasteiger partial charge in [0.25, 0.3) is 0 Å². The van der Waals surface area contributed by atoms with Crippen molar-refractivity contribution >= 4 is 103 Å². The predicted octanol–water partition coefficient (Wildman–Crippen LogP) is 6.87. The lowest BCUT2D eigenvalue weighted by molar-refractivity contribution is 0.0531. The van der Waals surface area contributed by atoms with E-state index < -0.39 is 15.4 Å². The van der Waals surface area contributed by atoms with Crippen LogP contribution in [-0.2, 0) is 34.0 Å². The number of hydrogen-bond donors (Lipinski definition) is 4. The van der Waals surface area contributed by atoms with Crippen molar-refractivity contribution in [2.75, 3.05) is 30.3 Å². The Morgan fingerprint density at radius 3 is 2.00 bits per heavy atom. The molecule has 3 aromatic heterocycles. The number of alkyl carbamates (subject to hydrolysis) is 1. The minimum Gasteiger partial charge on any atom is -0.444 e. The number of thiol groups is 1. The largest absolute Gasteiger partial charge is 0.444 e. The summed E-state index contributed by atoms with van der Waals surface area (Å²) in [4.78, 5) is 23.6. The Hall–Kier alpha value is -0.500. The number of nitrogens with two attached hydrogens (primary N) is 2. The summed E-state index contributed by atoms with van der Waals surface area (Å²) in [5.74, 6) is 1.80. The van der Waals surface area contributed by atoms with Crippen molar-refractivity contribution in [2.24, 2.45) is 11.5 Å². The summed E-state index contributed by atoms with van der Waals surface area (Å²) < 4.78 is 30.5. The second kappa shape index (κ2) is 25.6. The first-order valence-corrected chi connectivity index (χ1v) is 20.1. The van der Waals surface area contributed by atoms with Crippen molar-refractivity contribution in [1.29, 1.82) is 0 Å². The topological polar surface area (TPSA) is 163 Å². The quantitative estimate of drug-likeness (QED) is 0.0913. The van der Waals surface area contributed by atoms with Gasteiger partial charge in [-0.2, -0.15) is 12.6 Å². The molecule has 0 saturated heterocycles. The highest BCUT2D eigenvalue weighted by Crippen LogP contribution is 2.25. The van der Waals surface area contributed by atoms with Gasteiger partial charge in [0.05, 0.1) is 42.4 Å². The van der Waals surface area contributed by atoms with Crippen molar-refractivity contribution in [3.05, 3.63) is 37.4 Å². The predicted molar refractivity (Wildman–Crippen MR) is 198 cm³/mol. The van der Waals surface area contributed by atoms with E-state index in [1.807, 2.05) is 33.2 Å². The van der Waals surface area contributed by atoms with Crippen molar-refractivity contribution in [1.82, 2.24) is 20.3 Å². The van der Waals surface area contributed by atoms with Crippen LogP contribution in [0.1, 0.15) is 63.0 Å². The van der Waals surface area contributed by atoms with Crippen LogP contribution in [0.15, 0.2) is 30.8 Å². The molecule has 0 atom stereocenters. The molecule has 3 rings (SSSR count). The molecule has 0 bridgehead atoms. The zero-order chi connectivity index (χ0) is 32.9. The molecule has 0 aliphatic heterocycles. The zero-order valence-electron chi connectivity index (χ0n) is 26.0. The lowest BCUT2D eigenvalue weighted by Gasteiger charge is -2.19. The molecule has 18 heteroatoms. The molecule has 0 fully saturated rings. The van der Waals surface area contributed by atoms with Crippen molar-refractivity contribution in [3.8, 4) is 0 Å². The molecule has 0 spiro atoms. The van der Waals surface area contributed by atoms with Crippen LogP contribution in [0, 0.1) is 0 Å². The molecule has 0 aliphatic rings. The van der Waals surface area contributed by atoms with Crippen molar-refractivity contribution in [2.45, 2.75) is 81.4 Å². The van der Waals surface area contributed by atoms with Crippen LogP contribution in [0.5, 0.6) is 0 Å². The average molecular weight is 814 g/mol. The number of halogens is 2. The Kier molecular flexibility index (Phi) is 26.5. The number of aromatic nitrogens is 3. The van der Waals surface area contributed by atoms with E-state index in [-0.39, 0.29) is 41.6 Å². The number of ether oxygens (including phenoxy) is 1. The molecule has 0 aliphatic carbocycles. The van der Waals surface area contributed by atoms with Gasteiger partial charge in [0.1, 0.15) is 14.8 Å². The fourth-order valence-corrected chi connectivity index (χ4v) is 7.82. The normalized spacial score (nSPS) is 10.6. The SMILES string of the molecule is CCCS.CCc1ncc(Br)s1.CCc1ncc(SCCNC(=O)OC(C)(C)C)s1.Cl.NCCS(=O)(=O)c1cnc(CN)s1. The van der Waals surface area contributed by atoms with Gasteiger partial charge in [0.15, 0.2) is 9.84 Å². The van der Waals surface area contributed by atoms with Gasteiger partial charge in [-0.1, -0.05) is 20.8 Å². The molecule has 0 radical (unpaired) electrons. The molecule has 0 aromatic carbocycles. The molecule has 10 nitrogen and oxygen atoms in total. The van der Waals surface area contributed by atoms with Crippen LogP contribution < -0.4 is 16.8 Å². The number of rotatable bonds is 11. The smallest absolute Gasteiger partial charge is 0.407 e. The van der Waals surface area contributed by atoms with E-state index in [0.717, 1.165) is 44.5 Å². The van der Waals surface area contributed by atoms with E-state index >= 15 is 0 Å². The summed E-state index contributed by atoms with van der Waals surface area (Å²) in [6.45, 7) is 12.8. The van der Waals surface area contributed by atoms with Crippen molar-refractivity contribution in [3.63, 3.8) is 0 Å². The Morgan fingerprint density at radius 2 is 1.59 bits per heavy atom. The summed E-state index contributed by atoms with van der Waals surface area (Å²) in [5, 5.41) is 5.70. The first kappa shape index (κ1) is 45.6. The third kappa shape index (κ3) is 22.1. The van der Waals surface area contributed by atoms with Crippen LogP contribution in [0.2, 0.25) is 0 Å². The van der Waals surface area contributed by atoms with E-state index in [4.69, 9.17) is 16.2 Å². The van der Waals surface area contributed by atoms with Gasteiger partial charge >= 0.3 is 6.09 Å². The van der Waals surface area contributed by atoms with Crippen LogP contribution in [0.4, 0.5) is 4.79 Å². The van der Waals surface area contributed by atoms with Crippen LogP contribution in [-0.4, -0.2) is 65.4 Å². The van der Waals surface area contributed by atoms with Crippen LogP contribution in [0.3, 0.4) is 0 Å². The number of thiazole rings is 3. The zero-order valence-corrected chi connectivity index (χ0v) is 33.4. The second-order valence-electron chi connectivity index (χ2n) is 9.22. The van der Waals surface area contributed by atoms with Gasteiger partial charge in [-0.05, 0) is 61.7 Å². The first-order chi connectivity index (χ1) is 20.2. The molecule has 0 unspecified atom stereocenters. The van der Waals surface area contributed by atoms with E-state index in [1.165, 1.54) is 21.8 Å². The number of sulfone groups is 1. The Balaban J connectivity index is 0. The number of nitrogens with zero attached hydrogens (tertiary/aromatic N) is 3. The van der Waals surface area contributed by atoms with E-state index in [2.05, 4.69) is 69.6 Å². The molecule has 0 saturated carbocycles. The Morgan fingerprint density at radius 1 is 1.02 bits per heavy atom. The number of aryl methyl sites for hydroxylation is 2. The minimum absolute atomic E-state index is 0. The lowest BCUT2D eigenvalue weighted by Crippen LogP contribution is -2.33. The highest BCUT2D eigenvalue weighted by molar-refractivity contribution is 9.11. The Labute approximate surface area is 299 Å². The maximum Gasteiger partial charge on any atom is 0.407 e. The van der Waals surface area contributed by atoms with Crippen LogP contribution in [0.25, 0.3) is 0 Å². The fraction of sp³-hybridized carbons (Fsp3) is 0.615. The maximum absolute atomic E-state index is 11.4. The minimum atomic E-state index is -3.22. The summed E-state index contributed by atoms with van der Waals surface area (Å²) in [7, 11) is -3.22. The standard InChI is InChI=1S/C12H20N2O2S2.C6H11N3O2S2.C5H6BrNS.C3H8S.ClH/c1-5-9-14-8-10(18-9)17-7-6-13-11(15)16-12(2,3)4;7-1-2-13(10,11)6-4-9-5(3-8)12-6;1-2-5-7-3-4(6)8-5;1-2-3-4;/h8H,5-7H2,1-4H3,(H,13,15);4H,1-3,7-8H2;3H,2H2,1H3;4H,2-3H2,1H3;1H. The van der Waals surface area contributed by atoms with Crippen molar-refractivity contribution < 1.29 is 17.9 Å². The number of amides is 1. The maximum atomic E-state index is 11.4. The second-order valence-corrected chi connectivity index (χ2v) is 18.1. The first-order valence-electron chi connectivity index (χ1n) is 13.6. The van der Waals surface area contributed by atoms with Crippen LogP contribution >= 0.6 is 86.7 Å². The van der Waals surface area contributed by atoms with Gasteiger partial charge in [0.2, 0.25) is 0 Å². The van der Waals surface area contributed by atoms with E-state index in [0.29, 0.717) is 11.6 Å². The molecule has 1 amide bonds. The average Bonchev–Trinajstić information content (AvgIpc) is 3.72. The molecule has 3 heterocycles. The molecular formula is C26H46BrClN6O4S6. The molecule has 254 valence electrons. The fourth-order valence-electron chi connectivity index (χ4n) is 2.38. The third-order valence-electron chi connectivity index (χ3n) is 4.30. The third-order valence-corrected chi connectivity index (χ3v) is 12.0. The van der Waals surface area contributed by atoms with E-state index in [1.54, 1.807) is 34.4 Å². The monoisotopic (exact) mass is 812 g/mol. The number of carbonyl (C=O) groups is 1.